The number of amides is 4. The average Bonchev–Trinajstić information content (AvgIpc) is 3.09. The Bertz CT molecular complexity index is 1750. The molecular formula is C35H40F8IN5O7. The SMILES string of the molecule is C#Cc1cc(F)c(CN(C[C@H](O)[C@H](Cc2ccc(I)cc2)NC(=O)[C@@H](OC(=O)NC)C(C)(C)C(F)(F)F)NC(=O)[C@@H](NC(=O)OC)C(C)(C)C(F)(F)F)c(F)c1. The van der Waals surface area contributed by atoms with Gasteiger partial charge in [-0.25, -0.2) is 23.4 Å². The van der Waals surface area contributed by atoms with E-state index in [4.69, 9.17) is 11.2 Å². The normalized spacial score (nSPS) is 14.4. The average molecular weight is 922 g/mol. The van der Waals surface area contributed by atoms with Crippen LogP contribution in [-0.2, 0) is 32.0 Å². The largest absolute Gasteiger partial charge is 0.453 e. The first-order valence-corrected chi connectivity index (χ1v) is 17.4. The van der Waals surface area contributed by atoms with E-state index in [1.807, 2.05) is 39.3 Å². The van der Waals surface area contributed by atoms with Crippen molar-refractivity contribution in [2.45, 2.75) is 77.3 Å². The van der Waals surface area contributed by atoms with Gasteiger partial charge >= 0.3 is 24.5 Å². The standard InChI is InChI=1S/C35H40F8IN5O7/c1-8-18-13-22(36)21(23(37)14-18)16-49(48-28(51)26(47-31(54)55-7)32(2,3)34(38,39)40)17-25(50)24(15-19-9-11-20(44)12-10-19)46-29(52)27(56-30(53)45-6)33(4,5)35(41,42)43/h1,9-14,24-27,50H,15-17H2,2-7H3,(H,45,53)(H,46,52)(H,47,54)(H,48,51)/t24-,25-,26+,27+/m0/s1. The number of benzene rings is 2. The minimum absolute atomic E-state index is 0.246. The number of terminal acetylenes is 1. The molecule has 0 aliphatic rings. The molecule has 0 aliphatic carbocycles. The third-order valence-electron chi connectivity index (χ3n) is 8.71. The Hall–Kier alpha value is -4.43. The molecule has 0 unspecified atom stereocenters. The van der Waals surface area contributed by atoms with Crippen LogP contribution in [0.3, 0.4) is 0 Å². The molecule has 21 heteroatoms. The summed E-state index contributed by atoms with van der Waals surface area (Å²) in [5.41, 5.74) is -4.70. The van der Waals surface area contributed by atoms with E-state index in [0.29, 0.717) is 38.3 Å². The Morgan fingerprint density at radius 1 is 0.893 bits per heavy atom. The van der Waals surface area contributed by atoms with Crippen molar-refractivity contribution in [3.8, 4) is 12.3 Å². The number of rotatable bonds is 15. The van der Waals surface area contributed by atoms with Gasteiger partial charge in [0, 0.05) is 34.8 Å². The third kappa shape index (κ3) is 12.3. The van der Waals surface area contributed by atoms with Crippen LogP contribution < -0.4 is 21.4 Å². The summed E-state index contributed by atoms with van der Waals surface area (Å²) >= 11 is 1.97. The lowest BCUT2D eigenvalue weighted by Crippen LogP contribution is -2.62. The molecule has 0 fully saturated rings. The van der Waals surface area contributed by atoms with Crippen LogP contribution in [0.4, 0.5) is 44.7 Å². The molecule has 12 nitrogen and oxygen atoms in total. The molecule has 4 amide bonds. The van der Waals surface area contributed by atoms with Gasteiger partial charge in [0.15, 0.2) is 6.10 Å². The summed E-state index contributed by atoms with van der Waals surface area (Å²) in [6, 6.07) is 3.64. The van der Waals surface area contributed by atoms with Crippen molar-refractivity contribution in [2.24, 2.45) is 10.8 Å². The summed E-state index contributed by atoms with van der Waals surface area (Å²) in [4.78, 5) is 51.3. The van der Waals surface area contributed by atoms with Gasteiger partial charge in [-0.1, -0.05) is 18.1 Å². The molecule has 0 aliphatic heterocycles. The summed E-state index contributed by atoms with van der Waals surface area (Å²) < 4.78 is 125. The molecule has 0 heterocycles. The van der Waals surface area contributed by atoms with Crippen molar-refractivity contribution in [3.63, 3.8) is 0 Å². The van der Waals surface area contributed by atoms with Crippen LogP contribution in [0.15, 0.2) is 36.4 Å². The van der Waals surface area contributed by atoms with Crippen LogP contribution in [0.2, 0.25) is 0 Å². The number of hydrogen-bond acceptors (Lipinski definition) is 8. The van der Waals surface area contributed by atoms with Crippen LogP contribution in [0.5, 0.6) is 0 Å². The molecule has 0 radical (unpaired) electrons. The van der Waals surface area contributed by atoms with Gasteiger partial charge in [0.1, 0.15) is 23.1 Å². The van der Waals surface area contributed by atoms with Gasteiger partial charge in [-0.3, -0.25) is 15.0 Å². The van der Waals surface area contributed by atoms with Crippen molar-refractivity contribution < 1.29 is 68.9 Å². The molecule has 310 valence electrons. The summed E-state index contributed by atoms with van der Waals surface area (Å²) in [6.45, 7) is 0.275. The first-order chi connectivity index (χ1) is 25.7. The van der Waals surface area contributed by atoms with Crippen LogP contribution in [0.1, 0.15) is 44.4 Å². The molecule has 2 aromatic carbocycles. The van der Waals surface area contributed by atoms with Crippen molar-refractivity contribution in [2.75, 3.05) is 20.7 Å². The second-order valence-electron chi connectivity index (χ2n) is 13.5. The van der Waals surface area contributed by atoms with Gasteiger partial charge in [-0.2, -0.15) is 26.3 Å². The second kappa shape index (κ2) is 19.1. The maximum absolute atomic E-state index is 15.2. The highest BCUT2D eigenvalue weighted by Crippen LogP contribution is 2.42. The van der Waals surface area contributed by atoms with Crippen molar-refractivity contribution in [3.05, 3.63) is 68.3 Å². The first kappa shape index (κ1) is 47.7. The lowest BCUT2D eigenvalue weighted by atomic mass is 9.83. The van der Waals surface area contributed by atoms with E-state index in [1.54, 1.807) is 17.4 Å². The maximum atomic E-state index is 15.2. The molecule has 0 saturated heterocycles. The van der Waals surface area contributed by atoms with Gasteiger partial charge in [0.05, 0.1) is 24.7 Å². The highest BCUT2D eigenvalue weighted by Gasteiger charge is 2.58. The number of alkyl halides is 6. The van der Waals surface area contributed by atoms with E-state index >= 15 is 8.78 Å². The minimum Gasteiger partial charge on any atom is -0.453 e. The quantitative estimate of drug-likeness (QED) is 0.0716. The zero-order chi connectivity index (χ0) is 43.0. The van der Waals surface area contributed by atoms with E-state index < -0.39 is 102 Å². The number of aliphatic hydroxyl groups is 1. The van der Waals surface area contributed by atoms with Crippen LogP contribution in [0, 0.1) is 38.4 Å². The van der Waals surface area contributed by atoms with Gasteiger partial charge in [0.25, 0.3) is 11.8 Å². The van der Waals surface area contributed by atoms with E-state index in [9.17, 15) is 50.6 Å². The van der Waals surface area contributed by atoms with Gasteiger partial charge in [-0.05, 0) is 86.5 Å². The van der Waals surface area contributed by atoms with Gasteiger partial charge in [-0.15, -0.1) is 6.42 Å². The number of carbonyl (C=O) groups is 4. The number of hydrogen-bond donors (Lipinski definition) is 5. The molecule has 0 aromatic heterocycles. The zero-order valence-corrected chi connectivity index (χ0v) is 32.9. The summed E-state index contributed by atoms with van der Waals surface area (Å²) in [6.07, 6.45) is -12.9. The highest BCUT2D eigenvalue weighted by molar-refractivity contribution is 14.1. The Kier molecular flexibility index (Phi) is 16.3. The highest BCUT2D eigenvalue weighted by atomic mass is 127. The van der Waals surface area contributed by atoms with Gasteiger partial charge < -0.3 is 30.5 Å². The molecule has 5 N–H and O–H groups in total. The molecular weight excluding hydrogens is 881 g/mol. The zero-order valence-electron chi connectivity index (χ0n) is 30.7. The molecule has 0 spiro atoms. The fraction of sp³-hybridized carbons (Fsp3) is 0.486. The van der Waals surface area contributed by atoms with Crippen molar-refractivity contribution in [1.29, 1.82) is 0 Å². The number of carbonyl (C=O) groups excluding carboxylic acids is 4. The number of alkyl carbamates (subject to hydrolysis) is 2. The van der Waals surface area contributed by atoms with Crippen molar-refractivity contribution >= 4 is 46.6 Å². The molecule has 2 aromatic rings. The lowest BCUT2D eigenvalue weighted by Gasteiger charge is -2.38. The molecule has 0 bridgehead atoms. The van der Waals surface area contributed by atoms with E-state index in [-0.39, 0.29) is 12.0 Å². The van der Waals surface area contributed by atoms with E-state index in [2.05, 4.69) is 10.1 Å². The predicted octanol–water partition coefficient (Wildman–Crippen LogP) is 5.10. The summed E-state index contributed by atoms with van der Waals surface area (Å²) in [5.74, 6) is -3.70. The van der Waals surface area contributed by atoms with E-state index in [1.165, 1.54) is 12.1 Å². The molecule has 2 rings (SSSR count). The fourth-order valence-electron chi connectivity index (χ4n) is 4.92. The Morgan fingerprint density at radius 3 is 1.89 bits per heavy atom. The Balaban J connectivity index is 2.70. The topological polar surface area (TPSA) is 158 Å². The van der Waals surface area contributed by atoms with Crippen LogP contribution in [0.25, 0.3) is 0 Å². The number of ether oxygens (including phenoxy) is 2. The lowest BCUT2D eigenvalue weighted by molar-refractivity contribution is -0.239. The van der Waals surface area contributed by atoms with Crippen LogP contribution in [-0.4, -0.2) is 91.5 Å². The third-order valence-corrected chi connectivity index (χ3v) is 9.43. The van der Waals surface area contributed by atoms with Crippen LogP contribution >= 0.6 is 22.6 Å². The number of methoxy groups -OCH3 is 1. The predicted molar refractivity (Wildman–Crippen MR) is 192 cm³/mol. The number of halogens is 9. The first-order valence-electron chi connectivity index (χ1n) is 16.3. The second-order valence-corrected chi connectivity index (χ2v) is 14.7. The van der Waals surface area contributed by atoms with E-state index in [0.717, 1.165) is 29.9 Å². The number of hydrazine groups is 1. The Labute approximate surface area is 330 Å². The van der Waals surface area contributed by atoms with Gasteiger partial charge in [0.2, 0.25) is 0 Å². The monoisotopic (exact) mass is 921 g/mol. The number of nitrogens with zero attached hydrogens (tertiary/aromatic N) is 1. The Morgan fingerprint density at radius 2 is 1.43 bits per heavy atom. The summed E-state index contributed by atoms with van der Waals surface area (Å²) in [7, 11) is 1.83. The minimum atomic E-state index is -5.15. The summed E-state index contributed by atoms with van der Waals surface area (Å²) in [5, 5.41) is 18.1. The molecule has 0 saturated carbocycles. The van der Waals surface area contributed by atoms with Crippen molar-refractivity contribution in [1.82, 2.24) is 26.4 Å². The maximum Gasteiger partial charge on any atom is 0.407 e. The number of aliphatic hydroxyl groups excluding tert-OH is 1. The number of nitrogens with one attached hydrogen (secondary N) is 4. The smallest absolute Gasteiger partial charge is 0.407 e. The molecule has 4 atom stereocenters. The fourth-order valence-corrected chi connectivity index (χ4v) is 5.28. The molecule has 56 heavy (non-hydrogen) atoms.